The maximum atomic E-state index is 12.0. The van der Waals surface area contributed by atoms with Crippen LogP contribution in [0.15, 0.2) is 44.3 Å². The molecule has 1 heterocycles. The minimum Gasteiger partial charge on any atom is -0.448 e. The first-order valence-corrected chi connectivity index (χ1v) is 7.99. The number of rotatable bonds is 4. The predicted molar refractivity (Wildman–Crippen MR) is 94.9 cm³/mol. The van der Waals surface area contributed by atoms with Gasteiger partial charge in [-0.1, -0.05) is 6.07 Å². The molecule has 1 aromatic carbocycles. The number of carbonyl (C=O) groups excluding carboxylic acids is 2. The van der Waals surface area contributed by atoms with Crippen molar-refractivity contribution in [2.24, 2.45) is 5.10 Å². The van der Waals surface area contributed by atoms with E-state index in [1.165, 1.54) is 13.1 Å². The molecule has 0 saturated heterocycles. The summed E-state index contributed by atoms with van der Waals surface area (Å²) in [5, 5.41) is 6.45. The largest absolute Gasteiger partial charge is 0.448 e. The van der Waals surface area contributed by atoms with Crippen LogP contribution in [0.1, 0.15) is 23.0 Å². The summed E-state index contributed by atoms with van der Waals surface area (Å²) in [7, 11) is 0. The van der Waals surface area contributed by atoms with Crippen molar-refractivity contribution < 1.29 is 14.0 Å². The van der Waals surface area contributed by atoms with Gasteiger partial charge < -0.3 is 9.73 Å². The molecule has 0 aliphatic rings. The number of carbonyl (C=O) groups is 2. The number of benzene rings is 1. The van der Waals surface area contributed by atoms with E-state index in [0.29, 0.717) is 20.8 Å². The number of hydrazone groups is 1. The highest BCUT2D eigenvalue weighted by Gasteiger charge is 2.07. The van der Waals surface area contributed by atoms with Crippen LogP contribution in [0.5, 0.6) is 0 Å². The van der Waals surface area contributed by atoms with E-state index < -0.39 is 0 Å². The molecule has 0 atom stereocenters. The van der Waals surface area contributed by atoms with Crippen molar-refractivity contribution in [3.05, 3.63) is 49.9 Å². The first-order valence-electron chi connectivity index (χ1n) is 6.11. The average Bonchev–Trinajstić information content (AvgIpc) is 2.77. The van der Waals surface area contributed by atoms with E-state index in [4.69, 9.17) is 4.42 Å². The Morgan fingerprint density at radius 3 is 2.77 bits per heavy atom. The fourth-order valence-electron chi connectivity index (χ4n) is 1.59. The molecular formula is C14H11BrIN3O3. The first-order chi connectivity index (χ1) is 10.5. The molecule has 0 unspecified atom stereocenters. The molecule has 0 saturated carbocycles. The summed E-state index contributed by atoms with van der Waals surface area (Å²) in [5.74, 6) is -0.0686. The lowest BCUT2D eigenvalue weighted by Gasteiger charge is -2.04. The Kier molecular flexibility index (Phi) is 5.72. The number of furan rings is 1. The van der Waals surface area contributed by atoms with Crippen LogP contribution in [-0.2, 0) is 4.79 Å². The van der Waals surface area contributed by atoms with Crippen LogP contribution >= 0.6 is 38.5 Å². The highest BCUT2D eigenvalue weighted by atomic mass is 127. The van der Waals surface area contributed by atoms with Crippen LogP contribution in [0.2, 0.25) is 0 Å². The number of nitrogens with one attached hydrogen (secondary N) is 2. The van der Waals surface area contributed by atoms with Gasteiger partial charge in [-0.25, -0.2) is 5.43 Å². The zero-order valence-corrected chi connectivity index (χ0v) is 15.1. The third kappa shape index (κ3) is 4.67. The van der Waals surface area contributed by atoms with E-state index >= 15 is 0 Å². The lowest BCUT2D eigenvalue weighted by Crippen LogP contribution is -2.18. The van der Waals surface area contributed by atoms with E-state index in [2.05, 4.69) is 31.8 Å². The molecule has 2 N–H and O–H groups in total. The lowest BCUT2D eigenvalue weighted by atomic mass is 10.2. The third-order valence-electron chi connectivity index (χ3n) is 2.47. The quantitative estimate of drug-likeness (QED) is 0.404. The van der Waals surface area contributed by atoms with Crippen molar-refractivity contribution in [2.75, 3.05) is 5.32 Å². The van der Waals surface area contributed by atoms with Crippen LogP contribution in [0.25, 0.3) is 0 Å². The molecule has 0 aliphatic heterocycles. The van der Waals surface area contributed by atoms with Crippen LogP contribution in [0.4, 0.5) is 5.69 Å². The Hall–Kier alpha value is -1.68. The molecule has 2 rings (SSSR count). The normalized spacial score (nSPS) is 10.7. The van der Waals surface area contributed by atoms with Gasteiger partial charge in [0.1, 0.15) is 5.76 Å². The molecule has 0 bridgehead atoms. The Morgan fingerprint density at radius 1 is 1.36 bits per heavy atom. The summed E-state index contributed by atoms with van der Waals surface area (Å²) >= 11 is 5.35. The van der Waals surface area contributed by atoms with E-state index in [0.717, 1.165) is 4.47 Å². The number of hydrogen-bond acceptors (Lipinski definition) is 4. The minimum atomic E-state index is -0.385. The summed E-state index contributed by atoms with van der Waals surface area (Å²) < 4.78 is 6.88. The zero-order valence-electron chi connectivity index (χ0n) is 11.4. The summed E-state index contributed by atoms with van der Waals surface area (Å²) in [6.45, 7) is 1.40. The van der Waals surface area contributed by atoms with Crippen molar-refractivity contribution in [1.29, 1.82) is 0 Å². The van der Waals surface area contributed by atoms with Gasteiger partial charge >= 0.3 is 0 Å². The second kappa shape index (κ2) is 7.54. The average molecular weight is 476 g/mol. The highest BCUT2D eigenvalue weighted by molar-refractivity contribution is 14.1. The van der Waals surface area contributed by atoms with Crippen LogP contribution in [0.3, 0.4) is 0 Å². The van der Waals surface area contributed by atoms with E-state index in [9.17, 15) is 9.59 Å². The van der Waals surface area contributed by atoms with E-state index in [1.807, 2.05) is 22.6 Å². The summed E-state index contributed by atoms with van der Waals surface area (Å²) in [6, 6.07) is 8.32. The molecule has 0 aliphatic carbocycles. The SMILES string of the molecule is CC(=O)Nc1cccc(C(=O)NN=Cc2cc(Br)c(I)o2)c1. The number of hydrogen-bond donors (Lipinski definition) is 2. The molecule has 2 aromatic rings. The summed E-state index contributed by atoms with van der Waals surface area (Å²) in [4.78, 5) is 23.0. The second-order valence-electron chi connectivity index (χ2n) is 4.23. The van der Waals surface area contributed by atoms with Gasteiger partial charge in [-0.15, -0.1) is 0 Å². The molecule has 114 valence electrons. The van der Waals surface area contributed by atoms with Gasteiger partial charge in [0.25, 0.3) is 5.91 Å². The van der Waals surface area contributed by atoms with Crippen molar-refractivity contribution in [3.8, 4) is 0 Å². The van der Waals surface area contributed by atoms with Gasteiger partial charge in [0.05, 0.1) is 10.7 Å². The Bertz CT molecular complexity index is 723. The maximum Gasteiger partial charge on any atom is 0.271 e. The van der Waals surface area contributed by atoms with Gasteiger partial charge in [0, 0.05) is 46.8 Å². The van der Waals surface area contributed by atoms with Crippen LogP contribution < -0.4 is 10.7 Å². The van der Waals surface area contributed by atoms with Crippen LogP contribution in [0, 0.1) is 3.77 Å². The number of nitrogens with zero attached hydrogens (tertiary/aromatic N) is 1. The molecule has 1 aromatic heterocycles. The topological polar surface area (TPSA) is 83.7 Å². The van der Waals surface area contributed by atoms with Gasteiger partial charge in [-0.05, 0) is 34.1 Å². The van der Waals surface area contributed by atoms with E-state index in [1.54, 1.807) is 30.3 Å². The van der Waals surface area contributed by atoms with Gasteiger partial charge in [-0.2, -0.15) is 5.10 Å². The Balaban J connectivity index is 2.01. The molecule has 2 amide bonds. The fraction of sp³-hybridized carbons (Fsp3) is 0.0714. The van der Waals surface area contributed by atoms with E-state index in [-0.39, 0.29) is 11.8 Å². The molecular weight excluding hydrogens is 465 g/mol. The van der Waals surface area contributed by atoms with Crippen molar-refractivity contribution in [1.82, 2.24) is 5.43 Å². The smallest absolute Gasteiger partial charge is 0.271 e. The van der Waals surface area contributed by atoms with Crippen molar-refractivity contribution >= 4 is 62.2 Å². The Labute approximate surface area is 148 Å². The lowest BCUT2D eigenvalue weighted by molar-refractivity contribution is -0.114. The van der Waals surface area contributed by atoms with Gasteiger partial charge in [-0.3, -0.25) is 9.59 Å². The van der Waals surface area contributed by atoms with Crippen molar-refractivity contribution in [3.63, 3.8) is 0 Å². The summed E-state index contributed by atoms with van der Waals surface area (Å²) in [6.07, 6.45) is 1.41. The predicted octanol–water partition coefficient (Wildman–Crippen LogP) is 3.37. The molecule has 8 heteroatoms. The maximum absolute atomic E-state index is 12.0. The molecule has 0 spiro atoms. The minimum absolute atomic E-state index is 0.200. The second-order valence-corrected chi connectivity index (χ2v) is 6.07. The van der Waals surface area contributed by atoms with Crippen molar-refractivity contribution in [2.45, 2.75) is 6.92 Å². The van der Waals surface area contributed by atoms with Crippen LogP contribution in [-0.4, -0.2) is 18.0 Å². The highest BCUT2D eigenvalue weighted by Crippen LogP contribution is 2.21. The Morgan fingerprint density at radius 2 is 2.14 bits per heavy atom. The third-order valence-corrected chi connectivity index (χ3v) is 4.60. The molecule has 6 nitrogen and oxygen atoms in total. The van der Waals surface area contributed by atoms with Gasteiger partial charge in [0.2, 0.25) is 5.91 Å². The number of anilines is 1. The standard InChI is InChI=1S/C14H11BrIN3O3/c1-8(20)18-10-4-2-3-9(5-10)14(21)19-17-7-11-6-12(15)13(16)22-11/h2-7H,1H3,(H,18,20)(H,19,21). The summed E-state index contributed by atoms with van der Waals surface area (Å²) in [5.41, 5.74) is 3.33. The monoisotopic (exact) mass is 475 g/mol. The fourth-order valence-corrected chi connectivity index (χ4v) is 2.30. The zero-order chi connectivity index (χ0) is 16.1. The molecule has 22 heavy (non-hydrogen) atoms. The molecule has 0 fully saturated rings. The molecule has 0 radical (unpaired) electrons. The number of amides is 2. The van der Waals surface area contributed by atoms with Gasteiger partial charge in [0.15, 0.2) is 3.77 Å². The number of halogens is 2. The first kappa shape index (κ1) is 16.7.